The van der Waals surface area contributed by atoms with Crippen LogP contribution in [0.4, 0.5) is 14.5 Å². The normalized spacial score (nSPS) is 11.0. The van der Waals surface area contributed by atoms with Gasteiger partial charge in [0.1, 0.15) is 12.3 Å². The smallest absolute Gasteiger partial charge is 0.288 e. The lowest BCUT2D eigenvalue weighted by molar-refractivity contribution is -0.113. The fourth-order valence-corrected chi connectivity index (χ4v) is 3.17. The first kappa shape index (κ1) is 18.4. The van der Waals surface area contributed by atoms with Gasteiger partial charge >= 0.3 is 0 Å². The predicted molar refractivity (Wildman–Crippen MR) is 93.3 cm³/mol. The van der Waals surface area contributed by atoms with Crippen molar-refractivity contribution < 1.29 is 18.0 Å². The lowest BCUT2D eigenvalue weighted by Crippen LogP contribution is -2.14. The van der Waals surface area contributed by atoms with E-state index in [2.05, 4.69) is 20.8 Å². The molecule has 136 valence electrons. The van der Waals surface area contributed by atoms with Crippen LogP contribution in [-0.2, 0) is 11.3 Å². The number of thioether (sulfide) groups is 2. The molecule has 0 bridgehead atoms. The van der Waals surface area contributed by atoms with Crippen LogP contribution in [0.25, 0.3) is 0 Å². The van der Waals surface area contributed by atoms with Crippen LogP contribution < -0.4 is 5.32 Å². The molecule has 3 aromatic rings. The van der Waals surface area contributed by atoms with Gasteiger partial charge in [0.05, 0.1) is 12.0 Å². The molecule has 0 aliphatic heterocycles. The van der Waals surface area contributed by atoms with Crippen LogP contribution in [0.2, 0.25) is 0 Å². The van der Waals surface area contributed by atoms with Crippen molar-refractivity contribution in [3.05, 3.63) is 48.4 Å². The van der Waals surface area contributed by atoms with E-state index >= 15 is 0 Å². The van der Waals surface area contributed by atoms with Crippen LogP contribution in [0.15, 0.2) is 57.1 Å². The topological polar surface area (TPSA) is 85.8 Å². The van der Waals surface area contributed by atoms with Gasteiger partial charge in [-0.3, -0.25) is 4.79 Å². The average molecular weight is 397 g/mol. The molecule has 0 unspecified atom stereocenters. The maximum Gasteiger partial charge on any atom is 0.288 e. The molecule has 7 nitrogen and oxygen atoms in total. The summed E-state index contributed by atoms with van der Waals surface area (Å²) >= 11 is 1.64. The lowest BCUT2D eigenvalue weighted by atomic mass is 10.3. The zero-order valence-corrected chi connectivity index (χ0v) is 14.8. The molecule has 0 radical (unpaired) electrons. The zero-order chi connectivity index (χ0) is 18.4. The summed E-state index contributed by atoms with van der Waals surface area (Å²) in [5.74, 6) is -1.92. The van der Waals surface area contributed by atoms with Crippen LogP contribution in [-0.4, -0.2) is 37.6 Å². The molecule has 0 aliphatic rings. The highest BCUT2D eigenvalue weighted by Gasteiger charge is 2.12. The van der Waals surface area contributed by atoms with Crippen LogP contribution in [0.3, 0.4) is 0 Å². The Morgan fingerprint density at radius 3 is 2.77 bits per heavy atom. The van der Waals surface area contributed by atoms with E-state index in [-0.39, 0.29) is 11.7 Å². The van der Waals surface area contributed by atoms with E-state index in [1.54, 1.807) is 30.5 Å². The Morgan fingerprint density at radius 1 is 1.27 bits per heavy atom. The van der Waals surface area contributed by atoms with E-state index in [1.807, 2.05) is 0 Å². The minimum Gasteiger partial charge on any atom is -0.467 e. The number of carbonyl (C=O) groups is 1. The number of aromatic nitrogens is 4. The molecule has 0 fully saturated rings. The maximum atomic E-state index is 12.3. The number of anilines is 1. The number of furan rings is 1. The summed E-state index contributed by atoms with van der Waals surface area (Å²) in [5, 5.41) is 14.5. The minimum absolute atomic E-state index is 0.103. The lowest BCUT2D eigenvalue weighted by Gasteiger charge is -2.06. The number of nitrogens with zero attached hydrogens (tertiary/aromatic N) is 4. The third-order valence-corrected chi connectivity index (χ3v) is 4.76. The van der Waals surface area contributed by atoms with E-state index < -0.39 is 5.76 Å². The predicted octanol–water partition coefficient (Wildman–Crippen LogP) is 3.36. The Hall–Kier alpha value is -2.40. The van der Waals surface area contributed by atoms with Gasteiger partial charge in [-0.2, -0.15) is 8.78 Å². The zero-order valence-electron chi connectivity index (χ0n) is 13.2. The Morgan fingerprint density at radius 2 is 2.08 bits per heavy atom. The number of tetrazole rings is 1. The van der Waals surface area contributed by atoms with Crippen molar-refractivity contribution in [1.29, 1.82) is 0 Å². The van der Waals surface area contributed by atoms with Crippen molar-refractivity contribution >= 4 is 35.1 Å². The van der Waals surface area contributed by atoms with Gasteiger partial charge in [0.2, 0.25) is 11.1 Å². The summed E-state index contributed by atoms with van der Waals surface area (Å²) in [6.07, 6.45) is 1.56. The summed E-state index contributed by atoms with van der Waals surface area (Å²) < 4.78 is 31.3. The number of hydrogen-bond donors (Lipinski definition) is 1. The summed E-state index contributed by atoms with van der Waals surface area (Å²) in [7, 11) is 0. The van der Waals surface area contributed by atoms with Gasteiger partial charge in [-0.1, -0.05) is 23.5 Å². The highest BCUT2D eigenvalue weighted by molar-refractivity contribution is 8.00. The number of amides is 1. The molecule has 2 aromatic heterocycles. The largest absolute Gasteiger partial charge is 0.467 e. The van der Waals surface area contributed by atoms with Crippen LogP contribution in [0.1, 0.15) is 5.76 Å². The average Bonchev–Trinajstić information content (AvgIpc) is 3.27. The van der Waals surface area contributed by atoms with Gasteiger partial charge in [0.25, 0.3) is 5.76 Å². The van der Waals surface area contributed by atoms with Gasteiger partial charge in [-0.25, -0.2) is 4.68 Å². The molecule has 11 heteroatoms. The molecule has 0 saturated carbocycles. The molecule has 3 rings (SSSR count). The van der Waals surface area contributed by atoms with Crippen molar-refractivity contribution in [2.75, 3.05) is 11.1 Å². The SMILES string of the molecule is O=C(CSc1nnnn1Cc1ccco1)Nc1ccc(SC(F)F)cc1. The first-order chi connectivity index (χ1) is 12.6. The molecule has 0 atom stereocenters. The summed E-state index contributed by atoms with van der Waals surface area (Å²) in [6.45, 7) is 0.368. The highest BCUT2D eigenvalue weighted by atomic mass is 32.2. The second-order valence-electron chi connectivity index (χ2n) is 4.94. The molecule has 26 heavy (non-hydrogen) atoms. The Kier molecular flexibility index (Phi) is 6.23. The number of alkyl halides is 2. The van der Waals surface area contributed by atoms with E-state index in [0.29, 0.717) is 39.8 Å². The van der Waals surface area contributed by atoms with Crippen molar-refractivity contribution in [3.8, 4) is 0 Å². The first-order valence-electron chi connectivity index (χ1n) is 7.36. The van der Waals surface area contributed by atoms with Crippen molar-refractivity contribution in [2.45, 2.75) is 22.4 Å². The summed E-state index contributed by atoms with van der Waals surface area (Å²) in [6, 6.07) is 9.79. The standard InChI is InChI=1S/C15H13F2N5O2S2/c16-14(17)26-12-5-3-10(4-6-12)18-13(23)9-25-15-19-20-21-22(15)8-11-2-1-7-24-11/h1-7,14H,8-9H2,(H,18,23). The van der Waals surface area contributed by atoms with Gasteiger partial charge in [-0.05, 0) is 46.8 Å². The molecule has 0 aliphatic carbocycles. The van der Waals surface area contributed by atoms with Crippen molar-refractivity contribution in [3.63, 3.8) is 0 Å². The number of carbonyl (C=O) groups excluding carboxylic acids is 1. The summed E-state index contributed by atoms with van der Waals surface area (Å²) in [4.78, 5) is 12.5. The quantitative estimate of drug-likeness (QED) is 0.583. The molecular weight excluding hydrogens is 384 g/mol. The van der Waals surface area contributed by atoms with Crippen molar-refractivity contribution in [2.24, 2.45) is 0 Å². The molecule has 2 heterocycles. The molecule has 1 amide bonds. The van der Waals surface area contributed by atoms with E-state index in [0.717, 1.165) is 0 Å². The van der Waals surface area contributed by atoms with Crippen LogP contribution >= 0.6 is 23.5 Å². The second kappa shape index (κ2) is 8.81. The number of rotatable bonds is 8. The fourth-order valence-electron chi connectivity index (χ4n) is 2.00. The minimum atomic E-state index is -2.47. The maximum absolute atomic E-state index is 12.3. The number of nitrogens with one attached hydrogen (secondary N) is 1. The molecular formula is C15H13F2N5O2S2. The molecule has 0 saturated heterocycles. The monoisotopic (exact) mass is 397 g/mol. The third-order valence-electron chi connectivity index (χ3n) is 3.08. The fraction of sp³-hybridized carbons (Fsp3) is 0.200. The van der Waals surface area contributed by atoms with Gasteiger partial charge in [0, 0.05) is 10.6 Å². The first-order valence-corrected chi connectivity index (χ1v) is 9.23. The second-order valence-corrected chi connectivity index (χ2v) is 6.94. The van der Waals surface area contributed by atoms with E-state index in [9.17, 15) is 13.6 Å². The van der Waals surface area contributed by atoms with E-state index in [4.69, 9.17) is 4.42 Å². The van der Waals surface area contributed by atoms with Gasteiger partial charge < -0.3 is 9.73 Å². The Labute approximate surface area is 155 Å². The number of halogens is 2. The van der Waals surface area contributed by atoms with Crippen LogP contribution in [0, 0.1) is 0 Å². The molecule has 1 aromatic carbocycles. The molecule has 1 N–H and O–H groups in total. The number of hydrogen-bond acceptors (Lipinski definition) is 7. The Balaban J connectivity index is 1.51. The Bertz CT molecular complexity index is 840. The highest BCUT2D eigenvalue weighted by Crippen LogP contribution is 2.26. The molecule has 0 spiro atoms. The van der Waals surface area contributed by atoms with Gasteiger partial charge in [0.15, 0.2) is 0 Å². The third kappa shape index (κ3) is 5.30. The van der Waals surface area contributed by atoms with Crippen molar-refractivity contribution in [1.82, 2.24) is 20.2 Å². The summed E-state index contributed by atoms with van der Waals surface area (Å²) in [5.41, 5.74) is 0.532. The van der Waals surface area contributed by atoms with Gasteiger partial charge in [-0.15, -0.1) is 5.10 Å². The van der Waals surface area contributed by atoms with Crippen LogP contribution in [0.5, 0.6) is 0 Å². The van der Waals surface area contributed by atoms with E-state index in [1.165, 1.54) is 28.6 Å². The number of benzene rings is 1.